The van der Waals surface area contributed by atoms with Crippen LogP contribution in [0.15, 0.2) is 26.2 Å². The SMILES string of the molecule is CCOc1c(Br)cc(C2NN=C3C4CCN(CC4)C32)cc1Br. The van der Waals surface area contributed by atoms with Crippen LogP contribution in [0, 0.1) is 5.92 Å². The molecule has 0 aromatic heterocycles. The van der Waals surface area contributed by atoms with Crippen LogP contribution in [0.2, 0.25) is 0 Å². The number of piperidine rings is 3. The minimum absolute atomic E-state index is 0.237. The summed E-state index contributed by atoms with van der Waals surface area (Å²) >= 11 is 7.28. The summed E-state index contributed by atoms with van der Waals surface area (Å²) in [5.41, 5.74) is 6.00. The highest BCUT2D eigenvalue weighted by atomic mass is 79.9. The van der Waals surface area contributed by atoms with Gasteiger partial charge in [0, 0.05) is 5.92 Å². The first-order chi connectivity index (χ1) is 10.7. The van der Waals surface area contributed by atoms with Crippen molar-refractivity contribution in [1.29, 1.82) is 0 Å². The van der Waals surface area contributed by atoms with E-state index in [1.807, 2.05) is 6.92 Å². The lowest BCUT2D eigenvalue weighted by Gasteiger charge is -2.45. The lowest BCUT2D eigenvalue weighted by Crippen LogP contribution is -2.56. The predicted molar refractivity (Wildman–Crippen MR) is 94.4 cm³/mol. The number of ether oxygens (including phenoxy) is 1. The molecule has 22 heavy (non-hydrogen) atoms. The molecule has 0 saturated carbocycles. The third-order valence-corrected chi connectivity index (χ3v) is 6.14. The van der Waals surface area contributed by atoms with Gasteiger partial charge in [-0.1, -0.05) is 0 Å². The van der Waals surface area contributed by atoms with Gasteiger partial charge in [0.2, 0.25) is 0 Å². The molecule has 4 aliphatic rings. The maximum absolute atomic E-state index is 5.69. The van der Waals surface area contributed by atoms with Crippen LogP contribution in [0.25, 0.3) is 0 Å². The average Bonchev–Trinajstić information content (AvgIpc) is 2.99. The number of halogens is 2. The van der Waals surface area contributed by atoms with Crippen molar-refractivity contribution in [3.05, 3.63) is 26.6 Å². The zero-order chi connectivity index (χ0) is 15.3. The second-order valence-electron chi connectivity index (χ2n) is 6.15. The van der Waals surface area contributed by atoms with Crippen molar-refractivity contribution in [2.24, 2.45) is 11.0 Å². The second-order valence-corrected chi connectivity index (χ2v) is 7.85. The third kappa shape index (κ3) is 2.31. The van der Waals surface area contributed by atoms with Gasteiger partial charge in [0.1, 0.15) is 5.75 Å². The summed E-state index contributed by atoms with van der Waals surface area (Å²) in [6.45, 7) is 5.05. The lowest BCUT2D eigenvalue weighted by atomic mass is 9.78. The van der Waals surface area contributed by atoms with Crippen molar-refractivity contribution in [2.75, 3.05) is 19.7 Å². The number of benzene rings is 1. The van der Waals surface area contributed by atoms with Gasteiger partial charge in [0.25, 0.3) is 0 Å². The van der Waals surface area contributed by atoms with E-state index in [1.165, 1.54) is 37.2 Å². The molecule has 0 spiro atoms. The Hall–Kier alpha value is -0.590. The first-order valence-corrected chi connectivity index (χ1v) is 9.46. The Morgan fingerprint density at radius 2 is 1.95 bits per heavy atom. The molecule has 0 radical (unpaired) electrons. The highest BCUT2D eigenvalue weighted by Gasteiger charge is 2.46. The second kappa shape index (κ2) is 5.80. The first kappa shape index (κ1) is 15.0. The van der Waals surface area contributed by atoms with Gasteiger partial charge in [-0.15, -0.1) is 0 Å². The largest absolute Gasteiger partial charge is 0.492 e. The van der Waals surface area contributed by atoms with Crippen LogP contribution in [0.1, 0.15) is 31.4 Å². The Kier molecular flexibility index (Phi) is 3.95. The van der Waals surface area contributed by atoms with Gasteiger partial charge in [0.05, 0.1) is 33.3 Å². The number of nitrogens with one attached hydrogen (secondary N) is 1. The van der Waals surface area contributed by atoms with Crippen molar-refractivity contribution >= 4 is 37.6 Å². The molecule has 3 fully saturated rings. The van der Waals surface area contributed by atoms with Gasteiger partial charge in [-0.25, -0.2) is 0 Å². The van der Waals surface area contributed by atoms with E-state index in [1.54, 1.807) is 0 Å². The van der Waals surface area contributed by atoms with E-state index in [0.29, 0.717) is 18.6 Å². The summed E-state index contributed by atoms with van der Waals surface area (Å²) in [6.07, 6.45) is 2.53. The minimum Gasteiger partial charge on any atom is -0.492 e. The molecular formula is C16H19Br2N3O. The number of rotatable bonds is 3. The minimum atomic E-state index is 0.237. The predicted octanol–water partition coefficient (Wildman–Crippen LogP) is 3.70. The third-order valence-electron chi connectivity index (χ3n) is 4.96. The Balaban J connectivity index is 1.66. The molecule has 118 valence electrons. The molecule has 4 heterocycles. The fraction of sp³-hybridized carbons (Fsp3) is 0.562. The molecule has 0 aliphatic carbocycles. The summed E-state index contributed by atoms with van der Waals surface area (Å²) in [5.74, 6) is 1.55. The van der Waals surface area contributed by atoms with Crippen LogP contribution in [0.4, 0.5) is 0 Å². The van der Waals surface area contributed by atoms with Crippen LogP contribution >= 0.6 is 31.9 Å². The van der Waals surface area contributed by atoms with Gasteiger partial charge < -0.3 is 10.2 Å². The monoisotopic (exact) mass is 427 g/mol. The normalized spacial score (nSPS) is 32.4. The number of nitrogens with zero attached hydrogens (tertiary/aromatic N) is 2. The zero-order valence-corrected chi connectivity index (χ0v) is 15.7. The Morgan fingerprint density at radius 3 is 2.59 bits per heavy atom. The highest BCUT2D eigenvalue weighted by Crippen LogP contribution is 2.42. The quantitative estimate of drug-likeness (QED) is 0.797. The number of hydrazone groups is 1. The van der Waals surface area contributed by atoms with Crippen LogP contribution in [0.3, 0.4) is 0 Å². The average molecular weight is 429 g/mol. The van der Waals surface area contributed by atoms with Crippen LogP contribution in [-0.2, 0) is 0 Å². The van der Waals surface area contributed by atoms with E-state index in [4.69, 9.17) is 4.74 Å². The van der Waals surface area contributed by atoms with Gasteiger partial charge in [-0.3, -0.25) is 4.90 Å². The molecule has 1 aromatic carbocycles. The van der Waals surface area contributed by atoms with Gasteiger partial charge in [-0.05, 0) is 82.4 Å². The fourth-order valence-corrected chi connectivity index (χ4v) is 5.40. The maximum Gasteiger partial charge on any atom is 0.147 e. The summed E-state index contributed by atoms with van der Waals surface area (Å²) in [5, 5.41) is 4.68. The molecule has 1 N–H and O–H groups in total. The van der Waals surface area contributed by atoms with E-state index < -0.39 is 0 Å². The van der Waals surface area contributed by atoms with E-state index >= 15 is 0 Å². The van der Waals surface area contributed by atoms with Crippen molar-refractivity contribution in [3.63, 3.8) is 0 Å². The summed E-state index contributed by atoms with van der Waals surface area (Å²) < 4.78 is 7.67. The van der Waals surface area contributed by atoms with E-state index in [2.05, 4.69) is 59.4 Å². The highest BCUT2D eigenvalue weighted by molar-refractivity contribution is 9.11. The van der Waals surface area contributed by atoms with Crippen LogP contribution in [-0.4, -0.2) is 36.3 Å². The topological polar surface area (TPSA) is 36.9 Å². The number of hydrogen-bond donors (Lipinski definition) is 1. The van der Waals surface area contributed by atoms with Gasteiger partial charge in [0.15, 0.2) is 0 Å². The van der Waals surface area contributed by atoms with Crippen LogP contribution < -0.4 is 10.2 Å². The maximum atomic E-state index is 5.69. The molecule has 6 heteroatoms. The van der Waals surface area contributed by atoms with Crippen molar-refractivity contribution < 1.29 is 4.74 Å². The van der Waals surface area contributed by atoms with E-state index in [-0.39, 0.29) is 6.04 Å². The number of fused-ring (bicyclic) bond motifs is 2. The number of hydrogen-bond acceptors (Lipinski definition) is 4. The molecule has 1 aromatic rings. The molecule has 2 atom stereocenters. The summed E-state index contributed by atoms with van der Waals surface area (Å²) in [4.78, 5) is 2.59. The first-order valence-electron chi connectivity index (χ1n) is 7.87. The zero-order valence-electron chi connectivity index (χ0n) is 12.5. The van der Waals surface area contributed by atoms with E-state index in [0.717, 1.165) is 14.7 Å². The molecule has 2 unspecified atom stereocenters. The fourth-order valence-electron chi connectivity index (χ4n) is 3.95. The Bertz CT molecular complexity index is 603. The Morgan fingerprint density at radius 1 is 1.27 bits per heavy atom. The molecule has 4 aliphatic heterocycles. The molecule has 2 bridgehead atoms. The summed E-state index contributed by atoms with van der Waals surface area (Å²) in [7, 11) is 0. The smallest absolute Gasteiger partial charge is 0.147 e. The summed E-state index contributed by atoms with van der Waals surface area (Å²) in [6, 6.07) is 4.98. The standard InChI is InChI=1S/C16H19Br2N3O/c1-2-22-16-11(17)7-10(8-12(16)18)14-15-13(19-20-14)9-3-5-21(15)6-4-9/h7-9,14-15,20H,2-6H2,1H3. The Labute approximate surface area is 147 Å². The van der Waals surface area contributed by atoms with Gasteiger partial charge >= 0.3 is 0 Å². The van der Waals surface area contributed by atoms with Crippen LogP contribution in [0.5, 0.6) is 5.75 Å². The molecule has 4 nitrogen and oxygen atoms in total. The molecule has 5 rings (SSSR count). The van der Waals surface area contributed by atoms with Crippen molar-refractivity contribution in [1.82, 2.24) is 10.3 Å². The lowest BCUT2D eigenvalue weighted by molar-refractivity contribution is 0.133. The van der Waals surface area contributed by atoms with E-state index in [9.17, 15) is 0 Å². The molecular weight excluding hydrogens is 410 g/mol. The van der Waals surface area contributed by atoms with Crippen molar-refractivity contribution in [2.45, 2.75) is 31.8 Å². The molecule has 3 saturated heterocycles. The van der Waals surface area contributed by atoms with Crippen molar-refractivity contribution in [3.8, 4) is 5.75 Å². The van der Waals surface area contributed by atoms with Gasteiger partial charge in [-0.2, -0.15) is 5.10 Å². The molecule has 0 amide bonds.